The van der Waals surface area contributed by atoms with Crippen molar-refractivity contribution in [2.24, 2.45) is 5.73 Å². The van der Waals surface area contributed by atoms with Crippen molar-refractivity contribution in [2.75, 3.05) is 14.1 Å². The van der Waals surface area contributed by atoms with Gasteiger partial charge in [0.25, 0.3) is 0 Å². The molecular weight excluding hydrogens is 138 g/mol. The Morgan fingerprint density at radius 2 is 2.00 bits per heavy atom. The summed E-state index contributed by atoms with van der Waals surface area (Å²) in [4.78, 5) is 2.26. The van der Waals surface area contributed by atoms with Crippen LogP contribution in [0.3, 0.4) is 0 Å². The van der Waals surface area contributed by atoms with Crippen LogP contribution in [0.5, 0.6) is 0 Å². The van der Waals surface area contributed by atoms with Crippen LogP contribution < -0.4 is 11.1 Å². The summed E-state index contributed by atoms with van der Waals surface area (Å²) in [6.07, 6.45) is 2.46. The van der Waals surface area contributed by atoms with Gasteiger partial charge in [0, 0.05) is 12.1 Å². The molecular formula is C8H19N3. The first kappa shape index (κ1) is 8.97. The van der Waals surface area contributed by atoms with Crippen molar-refractivity contribution < 1.29 is 0 Å². The van der Waals surface area contributed by atoms with Crippen LogP contribution in [0.4, 0.5) is 0 Å². The Labute approximate surface area is 68.9 Å². The van der Waals surface area contributed by atoms with E-state index in [1.165, 1.54) is 6.42 Å². The lowest BCUT2D eigenvalue weighted by Crippen LogP contribution is -2.53. The standard InChI is InChI=1S/C8H19N3/c1-6-4-7(11(2)3)5-8(9)10-6/h6-8,10H,4-5,9H2,1-3H3/t6-,7+,8?/m1/s1. The average Bonchev–Trinajstić information content (AvgIpc) is 1.85. The smallest absolute Gasteiger partial charge is 0.0563 e. The SMILES string of the molecule is C[C@@H]1C[C@H](N(C)C)CC(N)N1. The molecule has 0 aromatic carbocycles. The molecule has 0 amide bonds. The van der Waals surface area contributed by atoms with Crippen LogP contribution in [0.1, 0.15) is 19.8 Å². The normalized spacial score (nSPS) is 39.5. The van der Waals surface area contributed by atoms with Gasteiger partial charge in [-0.15, -0.1) is 0 Å². The number of hydrogen-bond acceptors (Lipinski definition) is 3. The molecule has 3 atom stereocenters. The molecule has 0 bridgehead atoms. The van der Waals surface area contributed by atoms with Crippen molar-refractivity contribution >= 4 is 0 Å². The molecule has 1 rings (SSSR count). The molecule has 3 nitrogen and oxygen atoms in total. The van der Waals surface area contributed by atoms with Gasteiger partial charge in [0.15, 0.2) is 0 Å². The van der Waals surface area contributed by atoms with E-state index in [1.807, 2.05) is 0 Å². The predicted molar refractivity (Wildman–Crippen MR) is 47.3 cm³/mol. The Bertz CT molecular complexity index is 115. The minimum Gasteiger partial charge on any atom is -0.316 e. The predicted octanol–water partition coefficient (Wildman–Crippen LogP) is -0.0267. The van der Waals surface area contributed by atoms with Gasteiger partial charge in [0.1, 0.15) is 0 Å². The van der Waals surface area contributed by atoms with Crippen LogP contribution in [0.2, 0.25) is 0 Å². The molecule has 0 spiro atoms. The summed E-state index contributed by atoms with van der Waals surface area (Å²) in [6, 6.07) is 1.22. The number of nitrogens with zero attached hydrogens (tertiary/aromatic N) is 1. The Hall–Kier alpha value is -0.120. The maximum Gasteiger partial charge on any atom is 0.0563 e. The lowest BCUT2D eigenvalue weighted by atomic mass is 9.98. The van der Waals surface area contributed by atoms with Crippen LogP contribution in [0.15, 0.2) is 0 Å². The minimum absolute atomic E-state index is 0.186. The first-order valence-electron chi connectivity index (χ1n) is 4.27. The second-order valence-corrected chi connectivity index (χ2v) is 3.76. The van der Waals surface area contributed by atoms with E-state index in [-0.39, 0.29) is 6.17 Å². The molecule has 3 N–H and O–H groups in total. The van der Waals surface area contributed by atoms with E-state index in [0.29, 0.717) is 12.1 Å². The largest absolute Gasteiger partial charge is 0.316 e. The van der Waals surface area contributed by atoms with E-state index in [0.717, 1.165) is 6.42 Å². The second kappa shape index (κ2) is 3.52. The Kier molecular flexibility index (Phi) is 2.87. The van der Waals surface area contributed by atoms with Crippen molar-refractivity contribution in [3.05, 3.63) is 0 Å². The number of nitrogens with two attached hydrogens (primary N) is 1. The molecule has 0 aromatic rings. The molecule has 1 saturated heterocycles. The molecule has 0 radical (unpaired) electrons. The van der Waals surface area contributed by atoms with E-state index < -0.39 is 0 Å². The van der Waals surface area contributed by atoms with E-state index >= 15 is 0 Å². The highest BCUT2D eigenvalue weighted by Crippen LogP contribution is 2.14. The molecule has 1 aliphatic heterocycles. The van der Waals surface area contributed by atoms with Crippen LogP contribution in [-0.2, 0) is 0 Å². The van der Waals surface area contributed by atoms with Gasteiger partial charge in [0.05, 0.1) is 6.17 Å². The number of hydrogen-bond donors (Lipinski definition) is 2. The molecule has 1 aliphatic rings. The van der Waals surface area contributed by atoms with Gasteiger partial charge >= 0.3 is 0 Å². The fourth-order valence-corrected chi connectivity index (χ4v) is 1.72. The highest BCUT2D eigenvalue weighted by atomic mass is 15.1. The van der Waals surface area contributed by atoms with E-state index in [1.54, 1.807) is 0 Å². The lowest BCUT2D eigenvalue weighted by Gasteiger charge is -2.36. The molecule has 1 unspecified atom stereocenters. The highest BCUT2D eigenvalue weighted by Gasteiger charge is 2.24. The molecule has 66 valence electrons. The number of piperidine rings is 1. The number of nitrogens with one attached hydrogen (secondary N) is 1. The van der Waals surface area contributed by atoms with Gasteiger partial charge in [0.2, 0.25) is 0 Å². The van der Waals surface area contributed by atoms with Crippen LogP contribution >= 0.6 is 0 Å². The van der Waals surface area contributed by atoms with Gasteiger partial charge in [-0.2, -0.15) is 0 Å². The fraction of sp³-hybridized carbons (Fsp3) is 1.00. The summed E-state index contributed by atoms with van der Waals surface area (Å²) in [6.45, 7) is 2.19. The Morgan fingerprint density at radius 1 is 1.36 bits per heavy atom. The van der Waals surface area contributed by atoms with Gasteiger partial charge in [-0.05, 0) is 33.9 Å². The molecule has 1 fully saturated rings. The summed E-state index contributed by atoms with van der Waals surface area (Å²) in [5.41, 5.74) is 5.82. The molecule has 3 heteroatoms. The van der Waals surface area contributed by atoms with Crippen molar-refractivity contribution in [2.45, 2.75) is 38.0 Å². The maximum absolute atomic E-state index is 5.82. The minimum atomic E-state index is 0.186. The maximum atomic E-state index is 5.82. The lowest BCUT2D eigenvalue weighted by molar-refractivity contribution is 0.180. The fourth-order valence-electron chi connectivity index (χ4n) is 1.72. The third-order valence-electron chi connectivity index (χ3n) is 2.38. The molecule has 1 heterocycles. The summed E-state index contributed by atoms with van der Waals surface area (Å²) in [5.74, 6) is 0. The first-order chi connectivity index (χ1) is 5.09. The molecule has 0 aliphatic carbocycles. The quantitative estimate of drug-likeness (QED) is 0.562. The van der Waals surface area contributed by atoms with Gasteiger partial charge in [-0.3, -0.25) is 5.32 Å². The summed E-state index contributed by atoms with van der Waals surface area (Å²) in [7, 11) is 4.24. The van der Waals surface area contributed by atoms with Crippen molar-refractivity contribution in [3.63, 3.8) is 0 Å². The third kappa shape index (κ3) is 2.43. The summed E-state index contributed by atoms with van der Waals surface area (Å²) >= 11 is 0. The van der Waals surface area contributed by atoms with Crippen LogP contribution in [-0.4, -0.2) is 37.2 Å². The second-order valence-electron chi connectivity index (χ2n) is 3.76. The molecule has 11 heavy (non-hydrogen) atoms. The van der Waals surface area contributed by atoms with E-state index in [2.05, 4.69) is 31.2 Å². The summed E-state index contributed by atoms with van der Waals surface area (Å²) in [5, 5.41) is 3.32. The van der Waals surface area contributed by atoms with E-state index in [4.69, 9.17) is 5.73 Å². The molecule has 0 saturated carbocycles. The van der Waals surface area contributed by atoms with E-state index in [9.17, 15) is 0 Å². The van der Waals surface area contributed by atoms with Crippen molar-refractivity contribution in [3.8, 4) is 0 Å². The molecule has 0 aromatic heterocycles. The topological polar surface area (TPSA) is 41.3 Å². The Morgan fingerprint density at radius 3 is 2.45 bits per heavy atom. The van der Waals surface area contributed by atoms with Crippen molar-refractivity contribution in [1.29, 1.82) is 0 Å². The van der Waals surface area contributed by atoms with Gasteiger partial charge in [-0.1, -0.05) is 0 Å². The number of rotatable bonds is 1. The van der Waals surface area contributed by atoms with Crippen LogP contribution in [0, 0.1) is 0 Å². The zero-order valence-electron chi connectivity index (χ0n) is 7.67. The van der Waals surface area contributed by atoms with Crippen LogP contribution in [0.25, 0.3) is 0 Å². The Balaban J connectivity index is 2.43. The van der Waals surface area contributed by atoms with Gasteiger partial charge < -0.3 is 10.6 Å². The average molecular weight is 157 g/mol. The highest BCUT2D eigenvalue weighted by molar-refractivity contribution is 4.83. The zero-order chi connectivity index (χ0) is 8.43. The van der Waals surface area contributed by atoms with Gasteiger partial charge in [-0.25, -0.2) is 0 Å². The first-order valence-corrected chi connectivity index (χ1v) is 4.27. The zero-order valence-corrected chi connectivity index (χ0v) is 7.67. The monoisotopic (exact) mass is 157 g/mol. The third-order valence-corrected chi connectivity index (χ3v) is 2.38. The summed E-state index contributed by atoms with van der Waals surface area (Å²) < 4.78 is 0. The van der Waals surface area contributed by atoms with Crippen molar-refractivity contribution in [1.82, 2.24) is 10.2 Å².